The predicted molar refractivity (Wildman–Crippen MR) is 77.4 cm³/mol. The van der Waals surface area contributed by atoms with E-state index in [9.17, 15) is 4.79 Å². The van der Waals surface area contributed by atoms with Crippen LogP contribution < -0.4 is 15.2 Å². The van der Waals surface area contributed by atoms with Gasteiger partial charge in [0.15, 0.2) is 0 Å². The number of esters is 1. The van der Waals surface area contributed by atoms with E-state index in [1.165, 1.54) is 18.4 Å². The Morgan fingerprint density at radius 1 is 1.20 bits per heavy atom. The number of benzene rings is 1. The van der Waals surface area contributed by atoms with Crippen LogP contribution >= 0.6 is 11.3 Å². The molecule has 2 aromatic rings. The van der Waals surface area contributed by atoms with Crippen LogP contribution in [0, 0.1) is 0 Å². The molecule has 0 aliphatic carbocycles. The Labute approximate surface area is 120 Å². The molecule has 5 nitrogen and oxygen atoms in total. The van der Waals surface area contributed by atoms with Gasteiger partial charge in [-0.25, -0.2) is 4.79 Å². The van der Waals surface area contributed by atoms with Gasteiger partial charge in [-0.05, 0) is 30.3 Å². The predicted octanol–water partition coefficient (Wildman–Crippen LogP) is 2.70. The normalized spacial score (nSPS) is 10.1. The third-order valence-electron chi connectivity index (χ3n) is 2.66. The van der Waals surface area contributed by atoms with Gasteiger partial charge in [0.1, 0.15) is 23.1 Å². The van der Waals surface area contributed by atoms with Crippen molar-refractivity contribution >= 4 is 22.3 Å². The fraction of sp³-hybridized carbons (Fsp3) is 0.214. The highest BCUT2D eigenvalue weighted by molar-refractivity contribution is 7.16. The van der Waals surface area contributed by atoms with Crippen LogP contribution in [0.15, 0.2) is 30.3 Å². The molecule has 0 unspecified atom stereocenters. The van der Waals surface area contributed by atoms with E-state index in [-0.39, 0.29) is 0 Å². The average molecular weight is 293 g/mol. The smallest absolute Gasteiger partial charge is 0.340 e. The first-order valence-electron chi connectivity index (χ1n) is 5.87. The Balaban J connectivity index is 2.01. The van der Waals surface area contributed by atoms with Gasteiger partial charge in [-0.1, -0.05) is 0 Å². The summed E-state index contributed by atoms with van der Waals surface area (Å²) in [6.07, 6.45) is 0. The second kappa shape index (κ2) is 6.29. The molecule has 0 saturated carbocycles. The standard InChI is InChI=1S/C14H15NO4S/c1-17-9-3-5-10(6-4-9)19-8-11-7-12(13(15)20-11)14(16)18-2/h3-7H,8,15H2,1-2H3. The van der Waals surface area contributed by atoms with Gasteiger partial charge >= 0.3 is 5.97 Å². The van der Waals surface area contributed by atoms with Crippen molar-refractivity contribution in [2.24, 2.45) is 0 Å². The van der Waals surface area contributed by atoms with Crippen LogP contribution in [0.1, 0.15) is 15.2 Å². The van der Waals surface area contributed by atoms with Gasteiger partial charge in [0.2, 0.25) is 0 Å². The number of nitrogens with two attached hydrogens (primary N) is 1. The minimum absolute atomic E-state index is 0.345. The average Bonchev–Trinajstić information content (AvgIpc) is 2.86. The summed E-state index contributed by atoms with van der Waals surface area (Å²) < 4.78 is 15.3. The van der Waals surface area contributed by atoms with Crippen LogP contribution in [0.25, 0.3) is 0 Å². The molecular formula is C14H15NO4S. The zero-order chi connectivity index (χ0) is 14.5. The first-order valence-corrected chi connectivity index (χ1v) is 6.69. The van der Waals surface area contributed by atoms with E-state index in [2.05, 4.69) is 4.74 Å². The van der Waals surface area contributed by atoms with Crippen molar-refractivity contribution in [1.82, 2.24) is 0 Å². The lowest BCUT2D eigenvalue weighted by molar-refractivity contribution is 0.0602. The molecule has 0 fully saturated rings. The molecule has 2 rings (SSSR count). The summed E-state index contributed by atoms with van der Waals surface area (Å²) >= 11 is 1.31. The number of hydrogen-bond acceptors (Lipinski definition) is 6. The summed E-state index contributed by atoms with van der Waals surface area (Å²) in [7, 11) is 2.94. The topological polar surface area (TPSA) is 70.8 Å². The van der Waals surface area contributed by atoms with Crippen molar-refractivity contribution in [1.29, 1.82) is 0 Å². The number of methoxy groups -OCH3 is 2. The number of carbonyl (C=O) groups excluding carboxylic acids is 1. The number of carbonyl (C=O) groups is 1. The fourth-order valence-corrected chi connectivity index (χ4v) is 2.45. The monoisotopic (exact) mass is 293 g/mol. The molecule has 106 valence electrons. The highest BCUT2D eigenvalue weighted by Crippen LogP contribution is 2.27. The molecule has 1 aromatic carbocycles. The van der Waals surface area contributed by atoms with Crippen molar-refractivity contribution in [3.05, 3.63) is 40.8 Å². The molecular weight excluding hydrogens is 278 g/mol. The third-order valence-corrected chi connectivity index (χ3v) is 3.60. The zero-order valence-electron chi connectivity index (χ0n) is 11.2. The largest absolute Gasteiger partial charge is 0.497 e. The minimum Gasteiger partial charge on any atom is -0.497 e. The Hall–Kier alpha value is -2.21. The lowest BCUT2D eigenvalue weighted by Crippen LogP contribution is -2.02. The van der Waals surface area contributed by atoms with Crippen molar-refractivity contribution in [2.75, 3.05) is 20.0 Å². The first kappa shape index (κ1) is 14.2. The molecule has 0 aliphatic heterocycles. The zero-order valence-corrected chi connectivity index (χ0v) is 12.0. The first-order chi connectivity index (χ1) is 9.63. The third kappa shape index (κ3) is 3.21. The molecule has 0 bridgehead atoms. The maximum atomic E-state index is 11.4. The Morgan fingerprint density at radius 2 is 1.85 bits per heavy atom. The van der Waals surface area contributed by atoms with E-state index in [1.54, 1.807) is 13.2 Å². The summed E-state index contributed by atoms with van der Waals surface area (Å²) in [6.45, 7) is 0.345. The number of anilines is 1. The fourth-order valence-electron chi connectivity index (χ4n) is 1.62. The molecule has 20 heavy (non-hydrogen) atoms. The lowest BCUT2D eigenvalue weighted by atomic mass is 10.3. The van der Waals surface area contributed by atoms with Crippen molar-refractivity contribution in [2.45, 2.75) is 6.61 Å². The summed E-state index contributed by atoms with van der Waals surface area (Å²) in [5.41, 5.74) is 6.15. The van der Waals surface area contributed by atoms with Crippen LogP contribution in [-0.4, -0.2) is 20.2 Å². The molecule has 6 heteroatoms. The molecule has 1 heterocycles. The van der Waals surface area contributed by atoms with Crippen LogP contribution in [0.5, 0.6) is 11.5 Å². The number of rotatable bonds is 5. The van der Waals surface area contributed by atoms with Crippen molar-refractivity contribution < 1.29 is 19.0 Å². The Bertz CT molecular complexity index is 592. The summed E-state index contributed by atoms with van der Waals surface area (Å²) in [5, 5.41) is 0.435. The lowest BCUT2D eigenvalue weighted by Gasteiger charge is -2.05. The van der Waals surface area contributed by atoms with Gasteiger partial charge in [-0.15, -0.1) is 11.3 Å². The van der Waals surface area contributed by atoms with Gasteiger partial charge < -0.3 is 19.9 Å². The highest BCUT2D eigenvalue weighted by Gasteiger charge is 2.14. The van der Waals surface area contributed by atoms with E-state index >= 15 is 0 Å². The molecule has 2 N–H and O–H groups in total. The minimum atomic E-state index is -0.436. The van der Waals surface area contributed by atoms with Crippen molar-refractivity contribution in [3.8, 4) is 11.5 Å². The summed E-state index contributed by atoms with van der Waals surface area (Å²) in [6, 6.07) is 8.96. The van der Waals surface area contributed by atoms with E-state index < -0.39 is 5.97 Å². The second-order valence-electron chi connectivity index (χ2n) is 3.95. The van der Waals surface area contributed by atoms with E-state index in [1.807, 2.05) is 24.3 Å². The van der Waals surface area contributed by atoms with Gasteiger partial charge in [0.05, 0.1) is 19.8 Å². The number of hydrogen-bond donors (Lipinski definition) is 1. The van der Waals surface area contributed by atoms with Crippen LogP contribution in [0.3, 0.4) is 0 Å². The SMILES string of the molecule is COC(=O)c1cc(COc2ccc(OC)cc2)sc1N. The van der Waals surface area contributed by atoms with Gasteiger partial charge in [0, 0.05) is 4.88 Å². The van der Waals surface area contributed by atoms with Gasteiger partial charge in [-0.2, -0.15) is 0 Å². The summed E-state index contributed by atoms with van der Waals surface area (Å²) in [5.74, 6) is 1.05. The highest BCUT2D eigenvalue weighted by atomic mass is 32.1. The quantitative estimate of drug-likeness (QED) is 0.858. The molecule has 0 atom stereocenters. The Morgan fingerprint density at radius 3 is 2.45 bits per heavy atom. The van der Waals surface area contributed by atoms with Crippen molar-refractivity contribution in [3.63, 3.8) is 0 Å². The molecule has 0 radical (unpaired) electrons. The second-order valence-corrected chi connectivity index (χ2v) is 5.11. The Kier molecular flexibility index (Phi) is 4.47. The number of nitrogen functional groups attached to an aromatic ring is 1. The number of thiophene rings is 1. The summed E-state index contributed by atoms with van der Waals surface area (Å²) in [4.78, 5) is 12.3. The van der Waals surface area contributed by atoms with E-state index in [0.717, 1.165) is 16.4 Å². The molecule has 0 spiro atoms. The van der Waals surface area contributed by atoms with E-state index in [0.29, 0.717) is 17.2 Å². The van der Waals surface area contributed by atoms with Crippen LogP contribution in [0.4, 0.5) is 5.00 Å². The molecule has 1 aromatic heterocycles. The maximum absolute atomic E-state index is 11.4. The van der Waals surface area contributed by atoms with Gasteiger partial charge in [-0.3, -0.25) is 0 Å². The van der Waals surface area contributed by atoms with E-state index in [4.69, 9.17) is 15.2 Å². The molecule has 0 amide bonds. The maximum Gasteiger partial charge on any atom is 0.340 e. The molecule has 0 saturated heterocycles. The number of ether oxygens (including phenoxy) is 3. The van der Waals surface area contributed by atoms with Crippen LogP contribution in [-0.2, 0) is 11.3 Å². The van der Waals surface area contributed by atoms with Gasteiger partial charge in [0.25, 0.3) is 0 Å². The van der Waals surface area contributed by atoms with Crippen LogP contribution in [0.2, 0.25) is 0 Å². The molecule has 0 aliphatic rings.